The lowest BCUT2D eigenvalue weighted by Gasteiger charge is -2.42. The van der Waals surface area contributed by atoms with Gasteiger partial charge in [-0.15, -0.1) is 0 Å². The molecule has 0 bridgehead atoms. The first kappa shape index (κ1) is 20.0. The van der Waals surface area contributed by atoms with E-state index in [2.05, 4.69) is 0 Å². The highest BCUT2D eigenvalue weighted by Gasteiger charge is 2.51. The first-order valence-corrected chi connectivity index (χ1v) is 9.38. The Kier molecular flexibility index (Phi) is 5.01. The van der Waals surface area contributed by atoms with Crippen molar-refractivity contribution in [3.05, 3.63) is 77.4 Å². The molecule has 1 aliphatic heterocycles. The predicted octanol–water partition coefficient (Wildman–Crippen LogP) is 4.98. The molecule has 30 heavy (non-hydrogen) atoms. The number of alkyl halides is 3. The van der Waals surface area contributed by atoms with Crippen molar-refractivity contribution in [3.8, 4) is 0 Å². The van der Waals surface area contributed by atoms with Gasteiger partial charge in [-0.05, 0) is 23.6 Å². The molecule has 1 N–H and O–H groups in total. The smallest absolute Gasteiger partial charge is 0.418 e. The normalized spacial score (nSPS) is 22.4. The van der Waals surface area contributed by atoms with Crippen LogP contribution in [-0.2, 0) is 22.3 Å². The number of anilines is 1. The Labute approximate surface area is 170 Å². The van der Waals surface area contributed by atoms with Gasteiger partial charge < -0.3 is 9.84 Å². The van der Waals surface area contributed by atoms with Gasteiger partial charge in [0.25, 0.3) is 0 Å². The Hall–Kier alpha value is -3.29. The number of halogens is 3. The van der Waals surface area contributed by atoms with E-state index in [0.29, 0.717) is 16.9 Å². The summed E-state index contributed by atoms with van der Waals surface area (Å²) >= 11 is 0. The number of ether oxygens (including phenoxy) is 1. The van der Waals surface area contributed by atoms with Crippen LogP contribution in [0, 0.1) is 5.92 Å². The third-order valence-corrected chi connectivity index (χ3v) is 5.52. The lowest BCUT2D eigenvalue weighted by atomic mass is 9.77. The maximum atomic E-state index is 13.8. The summed E-state index contributed by atoms with van der Waals surface area (Å²) in [6, 6.07) is 10.8. The summed E-state index contributed by atoms with van der Waals surface area (Å²) in [6.07, 6.45) is -2.07. The number of hydrogen-bond donors (Lipinski definition) is 1. The molecule has 5 nitrogen and oxygen atoms in total. The summed E-state index contributed by atoms with van der Waals surface area (Å²) in [6.45, 7) is -0.182. The van der Waals surface area contributed by atoms with Crippen molar-refractivity contribution in [1.29, 1.82) is 0 Å². The zero-order valence-electron chi connectivity index (χ0n) is 15.7. The van der Waals surface area contributed by atoms with E-state index in [1.807, 2.05) is 0 Å². The number of para-hydroxylation sites is 1. The Morgan fingerprint density at radius 3 is 2.50 bits per heavy atom. The van der Waals surface area contributed by atoms with Gasteiger partial charge in [0, 0.05) is 11.8 Å². The number of allylic oxidation sites excluding steroid dienone is 2. The van der Waals surface area contributed by atoms with Gasteiger partial charge in [-0.2, -0.15) is 13.2 Å². The molecule has 0 saturated heterocycles. The van der Waals surface area contributed by atoms with Crippen LogP contribution >= 0.6 is 0 Å². The number of rotatable bonds is 3. The van der Waals surface area contributed by atoms with E-state index < -0.39 is 47.4 Å². The van der Waals surface area contributed by atoms with Crippen molar-refractivity contribution in [2.45, 2.75) is 31.2 Å². The van der Waals surface area contributed by atoms with Gasteiger partial charge in [0.2, 0.25) is 0 Å². The Morgan fingerprint density at radius 2 is 1.83 bits per heavy atom. The van der Waals surface area contributed by atoms with Crippen molar-refractivity contribution in [2.24, 2.45) is 5.92 Å². The molecule has 2 aliphatic rings. The Morgan fingerprint density at radius 1 is 1.10 bits per heavy atom. The fraction of sp³-hybridized carbons (Fsp3) is 0.273. The molecule has 0 aromatic heterocycles. The highest BCUT2D eigenvalue weighted by molar-refractivity contribution is 5.98. The SMILES string of the molecule is O=C(O)[C@H]1[C@H]2CC=C[C@H]2c2cccc(C(F)(F)F)c2N1C(=O)OCc1ccccc1. The third-order valence-electron chi connectivity index (χ3n) is 5.52. The summed E-state index contributed by atoms with van der Waals surface area (Å²) in [4.78, 5) is 25.7. The minimum absolute atomic E-state index is 0.182. The van der Waals surface area contributed by atoms with Gasteiger partial charge >= 0.3 is 18.2 Å². The number of aliphatic carboxylic acids is 1. The molecule has 1 aliphatic carbocycles. The van der Waals surface area contributed by atoms with Gasteiger partial charge in [0.1, 0.15) is 12.6 Å². The van der Waals surface area contributed by atoms with Gasteiger partial charge in [-0.25, -0.2) is 9.59 Å². The van der Waals surface area contributed by atoms with Crippen LogP contribution in [-0.4, -0.2) is 23.2 Å². The number of hydrogen-bond acceptors (Lipinski definition) is 3. The summed E-state index contributed by atoms with van der Waals surface area (Å²) < 4.78 is 46.6. The molecule has 4 rings (SSSR count). The average Bonchev–Trinajstić information content (AvgIpc) is 3.20. The van der Waals surface area contributed by atoms with Crippen LogP contribution in [0.25, 0.3) is 0 Å². The maximum Gasteiger partial charge on any atom is 0.418 e. The van der Waals surface area contributed by atoms with Crippen LogP contribution in [0.5, 0.6) is 0 Å². The zero-order valence-corrected chi connectivity index (χ0v) is 15.7. The first-order valence-electron chi connectivity index (χ1n) is 9.38. The van der Waals surface area contributed by atoms with Crippen LogP contribution in [0.4, 0.5) is 23.7 Å². The summed E-state index contributed by atoms with van der Waals surface area (Å²) in [5, 5.41) is 9.85. The molecule has 3 atom stereocenters. The van der Waals surface area contributed by atoms with Crippen LogP contribution in [0.2, 0.25) is 0 Å². The summed E-state index contributed by atoms with van der Waals surface area (Å²) in [7, 11) is 0. The van der Waals surface area contributed by atoms with E-state index in [0.717, 1.165) is 6.07 Å². The number of carboxylic acid groups (broad SMARTS) is 1. The van der Waals surface area contributed by atoms with Crippen LogP contribution < -0.4 is 4.90 Å². The van der Waals surface area contributed by atoms with E-state index in [1.54, 1.807) is 42.5 Å². The number of carboxylic acids is 1. The predicted molar refractivity (Wildman–Crippen MR) is 102 cm³/mol. The first-order chi connectivity index (χ1) is 14.3. The Bertz CT molecular complexity index is 1000. The Balaban J connectivity index is 1.80. The second-order valence-corrected chi connectivity index (χ2v) is 7.29. The van der Waals surface area contributed by atoms with Crippen LogP contribution in [0.15, 0.2) is 60.7 Å². The highest BCUT2D eigenvalue weighted by atomic mass is 19.4. The number of carbonyl (C=O) groups is 2. The lowest BCUT2D eigenvalue weighted by Crippen LogP contribution is -2.54. The number of amides is 1. The van der Waals surface area contributed by atoms with Gasteiger partial charge in [0.05, 0.1) is 11.3 Å². The van der Waals surface area contributed by atoms with Crippen molar-refractivity contribution in [2.75, 3.05) is 4.90 Å². The largest absolute Gasteiger partial charge is 0.480 e. The number of benzene rings is 2. The minimum Gasteiger partial charge on any atom is -0.480 e. The molecule has 0 unspecified atom stereocenters. The molecule has 0 saturated carbocycles. The summed E-state index contributed by atoms with van der Waals surface area (Å²) in [5.74, 6) is -2.45. The van der Waals surface area contributed by atoms with Crippen LogP contribution in [0.1, 0.15) is 29.0 Å². The zero-order chi connectivity index (χ0) is 21.5. The van der Waals surface area contributed by atoms with Gasteiger partial charge in [-0.3, -0.25) is 4.90 Å². The van der Waals surface area contributed by atoms with E-state index in [9.17, 15) is 27.9 Å². The van der Waals surface area contributed by atoms with Crippen molar-refractivity contribution in [3.63, 3.8) is 0 Å². The fourth-order valence-corrected chi connectivity index (χ4v) is 4.28. The molecule has 1 amide bonds. The monoisotopic (exact) mass is 417 g/mol. The summed E-state index contributed by atoms with van der Waals surface area (Å²) in [5.41, 5.74) is -0.581. The van der Waals surface area contributed by atoms with E-state index in [4.69, 9.17) is 4.74 Å². The fourth-order valence-electron chi connectivity index (χ4n) is 4.28. The van der Waals surface area contributed by atoms with Crippen molar-refractivity contribution < 1.29 is 32.6 Å². The van der Waals surface area contributed by atoms with E-state index >= 15 is 0 Å². The molecule has 0 spiro atoms. The van der Waals surface area contributed by atoms with Crippen molar-refractivity contribution in [1.82, 2.24) is 0 Å². The highest BCUT2D eigenvalue weighted by Crippen LogP contribution is 2.51. The topological polar surface area (TPSA) is 66.8 Å². The van der Waals surface area contributed by atoms with Gasteiger partial charge in [-0.1, -0.05) is 54.6 Å². The second-order valence-electron chi connectivity index (χ2n) is 7.29. The number of nitrogens with zero attached hydrogens (tertiary/aromatic N) is 1. The van der Waals surface area contributed by atoms with Crippen molar-refractivity contribution >= 4 is 17.7 Å². The van der Waals surface area contributed by atoms with Gasteiger partial charge in [0.15, 0.2) is 0 Å². The molecule has 0 radical (unpaired) electrons. The maximum absolute atomic E-state index is 13.8. The average molecular weight is 417 g/mol. The molecular weight excluding hydrogens is 399 g/mol. The standard InChI is InChI=1S/C22H18F3NO4/c23-22(24,25)17-11-5-10-15-14-8-4-9-16(14)19(20(27)28)26(18(15)17)21(29)30-12-13-6-2-1-3-7-13/h1-8,10-11,14,16,19H,9,12H2,(H,27,28)/t14-,16-,19+/m0/s1. The van der Waals surface area contributed by atoms with Crippen LogP contribution in [0.3, 0.4) is 0 Å². The van der Waals surface area contributed by atoms with E-state index in [-0.39, 0.29) is 12.2 Å². The number of fused-ring (bicyclic) bond motifs is 3. The molecule has 2 aromatic carbocycles. The van der Waals surface area contributed by atoms with E-state index in [1.165, 1.54) is 12.1 Å². The number of carbonyl (C=O) groups excluding carboxylic acids is 1. The molecule has 156 valence electrons. The minimum atomic E-state index is -4.76. The molecule has 0 fully saturated rings. The lowest BCUT2D eigenvalue weighted by molar-refractivity contribution is -0.141. The quantitative estimate of drug-likeness (QED) is 0.716. The second kappa shape index (κ2) is 7.51. The molecule has 1 heterocycles. The molecular formula is C22H18F3NO4. The molecule has 2 aromatic rings. The molecule has 8 heteroatoms. The third kappa shape index (κ3) is 3.42.